The Morgan fingerprint density at radius 2 is 1.68 bits per heavy atom. The molecule has 0 atom stereocenters. The molecule has 3 aromatic rings. The summed E-state index contributed by atoms with van der Waals surface area (Å²) < 4.78 is 12.9. The topological polar surface area (TPSA) is 22.4 Å². The molecule has 0 unspecified atom stereocenters. The van der Waals surface area contributed by atoms with E-state index in [0.29, 0.717) is 6.61 Å². The van der Waals surface area contributed by atoms with Crippen molar-refractivity contribution in [1.29, 1.82) is 0 Å². The summed E-state index contributed by atoms with van der Waals surface area (Å²) >= 11 is 6.74. The zero-order valence-corrected chi connectivity index (χ0v) is 13.1. The summed E-state index contributed by atoms with van der Waals surface area (Å²) in [5.74, 6) is 1.63. The van der Waals surface area contributed by atoms with E-state index in [-0.39, 0.29) is 0 Å². The third-order valence-electron chi connectivity index (χ3n) is 2.78. The van der Waals surface area contributed by atoms with Gasteiger partial charge in [-0.05, 0) is 63.1 Å². The first-order chi connectivity index (χ1) is 9.20. The van der Waals surface area contributed by atoms with E-state index < -0.39 is 0 Å². The summed E-state index contributed by atoms with van der Waals surface area (Å²) in [5, 5.41) is 2.34. The van der Waals surface area contributed by atoms with E-state index in [1.165, 1.54) is 5.39 Å². The Morgan fingerprint density at radius 3 is 2.47 bits per heavy atom. The van der Waals surface area contributed by atoms with Gasteiger partial charge >= 0.3 is 0 Å². The third-order valence-corrected chi connectivity index (χ3v) is 3.70. The highest BCUT2D eigenvalue weighted by atomic mass is 79.9. The Kier molecular flexibility index (Phi) is 3.62. The minimum Gasteiger partial charge on any atom is -0.486 e. The maximum atomic E-state index is 5.72. The Bertz CT molecular complexity index is 719. The first-order valence-corrected chi connectivity index (χ1v) is 7.36. The molecule has 1 heterocycles. The van der Waals surface area contributed by atoms with Crippen molar-refractivity contribution in [2.75, 3.05) is 0 Å². The van der Waals surface area contributed by atoms with Crippen molar-refractivity contribution in [3.05, 3.63) is 63.4 Å². The maximum Gasteiger partial charge on any atom is 0.169 e. The zero-order chi connectivity index (χ0) is 13.2. The van der Waals surface area contributed by atoms with Crippen molar-refractivity contribution < 1.29 is 9.15 Å². The van der Waals surface area contributed by atoms with Crippen molar-refractivity contribution in [3.63, 3.8) is 0 Å². The van der Waals surface area contributed by atoms with Crippen LogP contribution in [0.2, 0.25) is 0 Å². The van der Waals surface area contributed by atoms with Crippen LogP contribution in [-0.2, 0) is 6.61 Å². The van der Waals surface area contributed by atoms with E-state index in [0.717, 1.165) is 26.0 Å². The highest BCUT2D eigenvalue weighted by Gasteiger charge is 2.02. The minimum absolute atomic E-state index is 0.424. The summed E-state index contributed by atoms with van der Waals surface area (Å²) in [6.45, 7) is 0.424. The van der Waals surface area contributed by atoms with Crippen molar-refractivity contribution in [2.24, 2.45) is 0 Å². The Morgan fingerprint density at radius 1 is 0.895 bits per heavy atom. The van der Waals surface area contributed by atoms with Crippen LogP contribution < -0.4 is 4.74 Å². The van der Waals surface area contributed by atoms with E-state index in [1.54, 1.807) is 0 Å². The van der Waals surface area contributed by atoms with Gasteiger partial charge in [0, 0.05) is 4.47 Å². The summed E-state index contributed by atoms with van der Waals surface area (Å²) in [4.78, 5) is 0. The smallest absolute Gasteiger partial charge is 0.169 e. The highest BCUT2D eigenvalue weighted by molar-refractivity contribution is 9.10. The number of fused-ring (bicyclic) bond motifs is 1. The van der Waals surface area contributed by atoms with Gasteiger partial charge in [-0.15, -0.1) is 0 Å². The Balaban J connectivity index is 1.79. The van der Waals surface area contributed by atoms with Gasteiger partial charge < -0.3 is 9.15 Å². The van der Waals surface area contributed by atoms with Crippen molar-refractivity contribution in [3.8, 4) is 5.75 Å². The monoisotopic (exact) mass is 380 g/mol. The van der Waals surface area contributed by atoms with Crippen LogP contribution in [0.4, 0.5) is 0 Å². The molecule has 0 radical (unpaired) electrons. The van der Waals surface area contributed by atoms with Crippen molar-refractivity contribution >= 4 is 42.6 Å². The number of rotatable bonds is 3. The first kappa shape index (κ1) is 12.8. The minimum atomic E-state index is 0.424. The quantitative estimate of drug-likeness (QED) is 0.594. The third kappa shape index (κ3) is 3.01. The summed E-state index contributed by atoms with van der Waals surface area (Å²) in [5.41, 5.74) is 0. The summed E-state index contributed by atoms with van der Waals surface area (Å²) in [6.07, 6.45) is 0. The molecular formula is C15H10Br2O2. The summed E-state index contributed by atoms with van der Waals surface area (Å²) in [6, 6.07) is 16.0. The van der Waals surface area contributed by atoms with Gasteiger partial charge in [0.25, 0.3) is 0 Å². The van der Waals surface area contributed by atoms with Gasteiger partial charge in [-0.25, -0.2) is 0 Å². The highest BCUT2D eigenvalue weighted by Crippen LogP contribution is 2.25. The average Bonchev–Trinajstić information content (AvgIpc) is 2.82. The SMILES string of the molecule is Brc1ccc2cc(OCc3ccc(Br)o3)ccc2c1. The van der Waals surface area contributed by atoms with Crippen molar-refractivity contribution in [2.45, 2.75) is 6.61 Å². The molecule has 0 spiro atoms. The normalized spacial score (nSPS) is 10.8. The molecule has 0 aliphatic heterocycles. The van der Waals surface area contributed by atoms with E-state index in [9.17, 15) is 0 Å². The van der Waals surface area contributed by atoms with Gasteiger partial charge in [-0.2, -0.15) is 0 Å². The largest absolute Gasteiger partial charge is 0.486 e. The fraction of sp³-hybridized carbons (Fsp3) is 0.0667. The molecule has 96 valence electrons. The lowest BCUT2D eigenvalue weighted by atomic mass is 10.1. The van der Waals surface area contributed by atoms with Crippen LogP contribution >= 0.6 is 31.9 Å². The molecule has 2 nitrogen and oxygen atoms in total. The molecule has 1 aromatic heterocycles. The van der Waals surface area contributed by atoms with Gasteiger partial charge in [0.05, 0.1) is 0 Å². The molecule has 2 aromatic carbocycles. The second-order valence-electron chi connectivity index (χ2n) is 4.15. The maximum absolute atomic E-state index is 5.72. The Hall–Kier alpha value is -1.26. The van der Waals surface area contributed by atoms with Crippen LogP contribution in [0.3, 0.4) is 0 Å². The van der Waals surface area contributed by atoms with Crippen LogP contribution in [0.1, 0.15) is 5.76 Å². The molecule has 0 aliphatic carbocycles. The Labute approximate surface area is 127 Å². The predicted octanol–water partition coefficient (Wildman–Crippen LogP) is 5.54. The number of hydrogen-bond acceptors (Lipinski definition) is 2. The number of ether oxygens (including phenoxy) is 1. The molecule has 0 aliphatic rings. The number of furan rings is 1. The van der Waals surface area contributed by atoms with Gasteiger partial charge in [0.1, 0.15) is 18.1 Å². The van der Waals surface area contributed by atoms with Gasteiger partial charge in [-0.1, -0.05) is 28.1 Å². The number of hydrogen-bond donors (Lipinski definition) is 0. The average molecular weight is 382 g/mol. The number of halogens is 2. The predicted molar refractivity (Wildman–Crippen MR) is 82.4 cm³/mol. The van der Waals surface area contributed by atoms with Gasteiger partial charge in [0.15, 0.2) is 4.67 Å². The van der Waals surface area contributed by atoms with Crippen LogP contribution in [-0.4, -0.2) is 0 Å². The lowest BCUT2D eigenvalue weighted by molar-refractivity contribution is 0.268. The molecule has 0 fully saturated rings. The first-order valence-electron chi connectivity index (χ1n) is 5.77. The molecule has 0 amide bonds. The fourth-order valence-corrected chi connectivity index (χ4v) is 2.59. The molecule has 4 heteroatoms. The number of benzene rings is 2. The lowest BCUT2D eigenvalue weighted by Gasteiger charge is -2.06. The molecule has 19 heavy (non-hydrogen) atoms. The van der Waals surface area contributed by atoms with Crippen LogP contribution in [0, 0.1) is 0 Å². The van der Waals surface area contributed by atoms with E-state index in [4.69, 9.17) is 9.15 Å². The molecule has 0 bridgehead atoms. The second-order valence-corrected chi connectivity index (χ2v) is 5.85. The van der Waals surface area contributed by atoms with Gasteiger partial charge in [0.2, 0.25) is 0 Å². The molecular weight excluding hydrogens is 372 g/mol. The zero-order valence-electron chi connectivity index (χ0n) is 9.90. The standard InChI is InChI=1S/C15H10Br2O2/c16-12-3-1-11-8-13(4-2-10(11)7-12)18-9-14-5-6-15(17)19-14/h1-8H,9H2. The van der Waals surface area contributed by atoms with E-state index in [2.05, 4.69) is 44.0 Å². The van der Waals surface area contributed by atoms with E-state index in [1.807, 2.05) is 36.4 Å². The van der Waals surface area contributed by atoms with Crippen LogP contribution in [0.25, 0.3) is 10.8 Å². The lowest BCUT2D eigenvalue weighted by Crippen LogP contribution is -1.93. The molecule has 0 saturated carbocycles. The van der Waals surface area contributed by atoms with Crippen LogP contribution in [0.5, 0.6) is 5.75 Å². The van der Waals surface area contributed by atoms with Gasteiger partial charge in [-0.3, -0.25) is 0 Å². The fourth-order valence-electron chi connectivity index (χ4n) is 1.87. The summed E-state index contributed by atoms with van der Waals surface area (Å²) in [7, 11) is 0. The second kappa shape index (κ2) is 5.39. The van der Waals surface area contributed by atoms with E-state index >= 15 is 0 Å². The van der Waals surface area contributed by atoms with Crippen LogP contribution in [0.15, 0.2) is 62.1 Å². The molecule has 3 rings (SSSR count). The molecule has 0 saturated heterocycles. The molecule has 0 N–H and O–H groups in total. The van der Waals surface area contributed by atoms with Crippen molar-refractivity contribution in [1.82, 2.24) is 0 Å².